The second-order valence-electron chi connectivity index (χ2n) is 5.39. The first-order valence-electron chi connectivity index (χ1n) is 6.84. The van der Waals surface area contributed by atoms with Crippen LogP contribution in [0.25, 0.3) is 0 Å². The highest BCUT2D eigenvalue weighted by molar-refractivity contribution is 5.96. The van der Waals surface area contributed by atoms with Crippen LogP contribution in [0.4, 0.5) is 0 Å². The van der Waals surface area contributed by atoms with Gasteiger partial charge in [0, 0.05) is 12.0 Å². The molecule has 1 aromatic rings. The van der Waals surface area contributed by atoms with E-state index in [2.05, 4.69) is 26.0 Å². The van der Waals surface area contributed by atoms with Gasteiger partial charge in [0.05, 0.1) is 0 Å². The highest BCUT2D eigenvalue weighted by Gasteiger charge is 2.20. The molecule has 1 heteroatoms. The highest BCUT2D eigenvalue weighted by atomic mass is 16.1. The van der Waals surface area contributed by atoms with Crippen LogP contribution in [-0.2, 0) is 0 Å². The molecule has 1 aromatic carbocycles. The molecule has 92 valence electrons. The zero-order chi connectivity index (χ0) is 12.3. The lowest BCUT2D eigenvalue weighted by atomic mass is 9.79. The van der Waals surface area contributed by atoms with E-state index in [0.29, 0.717) is 24.0 Å². The number of carbonyl (C=O) groups is 1. The Morgan fingerprint density at radius 1 is 1.41 bits per heavy atom. The fraction of sp³-hybridized carbons (Fsp3) is 0.562. The van der Waals surface area contributed by atoms with E-state index in [-0.39, 0.29) is 0 Å². The molecule has 0 saturated heterocycles. The van der Waals surface area contributed by atoms with Gasteiger partial charge in [-0.3, -0.25) is 4.79 Å². The van der Waals surface area contributed by atoms with E-state index >= 15 is 0 Å². The highest BCUT2D eigenvalue weighted by Crippen LogP contribution is 2.36. The number of Topliss-reactive ketones (excluding diaryl/α,β-unsaturated/α-hetero) is 1. The molecule has 0 bridgehead atoms. The zero-order valence-corrected chi connectivity index (χ0v) is 10.9. The maximum Gasteiger partial charge on any atom is 0.163 e. The van der Waals surface area contributed by atoms with Crippen LogP contribution in [0, 0.1) is 5.92 Å². The molecule has 1 aliphatic carbocycles. The predicted octanol–water partition coefficient (Wildman–Crippen LogP) is 4.57. The summed E-state index contributed by atoms with van der Waals surface area (Å²) in [6.45, 7) is 4.29. The van der Waals surface area contributed by atoms with Crippen molar-refractivity contribution in [2.45, 2.75) is 51.9 Å². The first kappa shape index (κ1) is 12.3. The average molecular weight is 230 g/mol. The van der Waals surface area contributed by atoms with Crippen LogP contribution in [0.15, 0.2) is 24.3 Å². The molecular weight excluding hydrogens is 208 g/mol. The van der Waals surface area contributed by atoms with Crippen LogP contribution in [0.1, 0.15) is 67.8 Å². The third kappa shape index (κ3) is 2.96. The molecule has 0 heterocycles. The predicted molar refractivity (Wildman–Crippen MR) is 71.4 cm³/mol. The van der Waals surface area contributed by atoms with Gasteiger partial charge in [0.15, 0.2) is 5.78 Å². The van der Waals surface area contributed by atoms with Crippen LogP contribution < -0.4 is 0 Å². The fourth-order valence-electron chi connectivity index (χ4n) is 2.29. The Bertz CT molecular complexity index is 390. The minimum Gasteiger partial charge on any atom is -0.294 e. The Morgan fingerprint density at radius 2 is 2.18 bits per heavy atom. The van der Waals surface area contributed by atoms with Gasteiger partial charge in [-0.2, -0.15) is 0 Å². The number of hydrogen-bond donors (Lipinski definition) is 0. The smallest absolute Gasteiger partial charge is 0.163 e. The molecule has 1 saturated carbocycles. The van der Waals surface area contributed by atoms with Gasteiger partial charge in [0.1, 0.15) is 0 Å². The van der Waals surface area contributed by atoms with Crippen molar-refractivity contribution in [3.63, 3.8) is 0 Å². The van der Waals surface area contributed by atoms with E-state index in [1.807, 2.05) is 12.1 Å². The number of benzene rings is 1. The maximum atomic E-state index is 12.1. The molecule has 1 aliphatic rings. The quantitative estimate of drug-likeness (QED) is 0.677. The number of carbonyl (C=O) groups excluding carboxylic acids is 1. The minimum absolute atomic E-state index is 0.306. The average Bonchev–Trinajstić information content (AvgIpc) is 2.27. The molecule has 0 N–H and O–H groups in total. The van der Waals surface area contributed by atoms with Crippen LogP contribution >= 0.6 is 0 Å². The molecule has 17 heavy (non-hydrogen) atoms. The van der Waals surface area contributed by atoms with E-state index in [9.17, 15) is 4.79 Å². The topological polar surface area (TPSA) is 17.1 Å². The molecule has 1 fully saturated rings. The zero-order valence-electron chi connectivity index (χ0n) is 10.9. The summed E-state index contributed by atoms with van der Waals surface area (Å²) in [5.41, 5.74) is 2.28. The SMILES string of the molecule is CCC(C)CC(=O)c1cccc(C2CCC2)c1. The van der Waals surface area contributed by atoms with Gasteiger partial charge in [-0.1, -0.05) is 44.9 Å². The summed E-state index contributed by atoms with van der Waals surface area (Å²) in [5, 5.41) is 0. The van der Waals surface area contributed by atoms with Gasteiger partial charge >= 0.3 is 0 Å². The van der Waals surface area contributed by atoms with Gasteiger partial charge in [0.2, 0.25) is 0 Å². The molecule has 0 amide bonds. The van der Waals surface area contributed by atoms with Gasteiger partial charge in [-0.05, 0) is 36.3 Å². The molecular formula is C16H22O. The lowest BCUT2D eigenvalue weighted by Crippen LogP contribution is -2.10. The number of ketones is 1. The summed E-state index contributed by atoms with van der Waals surface area (Å²) >= 11 is 0. The monoisotopic (exact) mass is 230 g/mol. The van der Waals surface area contributed by atoms with Crippen LogP contribution in [0.2, 0.25) is 0 Å². The van der Waals surface area contributed by atoms with Crippen LogP contribution in [0.5, 0.6) is 0 Å². The third-order valence-electron chi connectivity index (χ3n) is 4.02. The maximum absolute atomic E-state index is 12.1. The van der Waals surface area contributed by atoms with Gasteiger partial charge in [-0.15, -0.1) is 0 Å². The molecule has 0 spiro atoms. The lowest BCUT2D eigenvalue weighted by molar-refractivity contribution is 0.0963. The van der Waals surface area contributed by atoms with Crippen molar-refractivity contribution in [3.05, 3.63) is 35.4 Å². The summed E-state index contributed by atoms with van der Waals surface area (Å²) in [4.78, 5) is 12.1. The molecule has 1 unspecified atom stereocenters. The molecule has 2 rings (SSSR count). The standard InChI is InChI=1S/C16H22O/c1-3-12(2)10-16(17)15-9-5-8-14(11-15)13-6-4-7-13/h5,8-9,11-13H,3-4,6-7,10H2,1-2H3. The Hall–Kier alpha value is -1.11. The normalized spacial score (nSPS) is 17.5. The Balaban J connectivity index is 2.07. The Morgan fingerprint density at radius 3 is 2.76 bits per heavy atom. The van der Waals surface area contributed by atoms with Crippen molar-refractivity contribution >= 4 is 5.78 Å². The molecule has 0 aromatic heterocycles. The second-order valence-corrected chi connectivity index (χ2v) is 5.39. The second kappa shape index (κ2) is 5.48. The molecule has 1 atom stereocenters. The summed E-state index contributed by atoms with van der Waals surface area (Å²) in [7, 11) is 0. The molecule has 1 nitrogen and oxygen atoms in total. The van der Waals surface area contributed by atoms with Crippen molar-refractivity contribution in [3.8, 4) is 0 Å². The Labute approximate surface area is 104 Å². The van der Waals surface area contributed by atoms with E-state index in [1.165, 1.54) is 24.8 Å². The van der Waals surface area contributed by atoms with E-state index in [1.54, 1.807) is 0 Å². The van der Waals surface area contributed by atoms with Gasteiger partial charge < -0.3 is 0 Å². The molecule has 0 aliphatic heterocycles. The van der Waals surface area contributed by atoms with Crippen molar-refractivity contribution in [2.75, 3.05) is 0 Å². The Kier molecular flexibility index (Phi) is 3.98. The van der Waals surface area contributed by atoms with E-state index < -0.39 is 0 Å². The van der Waals surface area contributed by atoms with Crippen molar-refractivity contribution < 1.29 is 4.79 Å². The third-order valence-corrected chi connectivity index (χ3v) is 4.02. The van der Waals surface area contributed by atoms with Gasteiger partial charge in [0.25, 0.3) is 0 Å². The summed E-state index contributed by atoms with van der Waals surface area (Å²) in [6, 6.07) is 8.29. The van der Waals surface area contributed by atoms with Crippen molar-refractivity contribution in [1.29, 1.82) is 0 Å². The first-order valence-corrected chi connectivity index (χ1v) is 6.84. The fourth-order valence-corrected chi connectivity index (χ4v) is 2.29. The van der Waals surface area contributed by atoms with Crippen LogP contribution in [-0.4, -0.2) is 5.78 Å². The number of hydrogen-bond acceptors (Lipinski definition) is 1. The number of rotatable bonds is 5. The van der Waals surface area contributed by atoms with Crippen molar-refractivity contribution in [1.82, 2.24) is 0 Å². The summed E-state index contributed by atoms with van der Waals surface area (Å²) in [5.74, 6) is 1.52. The summed E-state index contributed by atoms with van der Waals surface area (Å²) < 4.78 is 0. The van der Waals surface area contributed by atoms with Crippen LogP contribution in [0.3, 0.4) is 0 Å². The summed E-state index contributed by atoms with van der Waals surface area (Å²) in [6.07, 6.45) is 5.69. The van der Waals surface area contributed by atoms with E-state index in [0.717, 1.165) is 12.0 Å². The van der Waals surface area contributed by atoms with Gasteiger partial charge in [-0.25, -0.2) is 0 Å². The van der Waals surface area contributed by atoms with Crippen molar-refractivity contribution in [2.24, 2.45) is 5.92 Å². The molecule has 0 radical (unpaired) electrons. The largest absolute Gasteiger partial charge is 0.294 e. The van der Waals surface area contributed by atoms with E-state index in [4.69, 9.17) is 0 Å². The first-order chi connectivity index (χ1) is 8.20. The lowest BCUT2D eigenvalue weighted by Gasteiger charge is -2.26. The minimum atomic E-state index is 0.306.